The smallest absolute Gasteiger partial charge is 0.184 e. The van der Waals surface area contributed by atoms with Gasteiger partial charge < -0.3 is 10.1 Å². The van der Waals surface area contributed by atoms with Gasteiger partial charge in [0.1, 0.15) is 11.5 Å². The van der Waals surface area contributed by atoms with Crippen molar-refractivity contribution in [1.29, 1.82) is 0 Å². The minimum absolute atomic E-state index is 0.558. The Kier molecular flexibility index (Phi) is 4.89. The van der Waals surface area contributed by atoms with Crippen LogP contribution in [0.15, 0.2) is 48.8 Å². The Labute approximate surface area is 173 Å². The third-order valence-corrected chi connectivity index (χ3v) is 6.29. The van der Waals surface area contributed by atoms with Gasteiger partial charge >= 0.3 is 0 Å². The van der Waals surface area contributed by atoms with Crippen LogP contribution in [0.4, 0.5) is 5.13 Å². The molecule has 0 atom stereocenters. The molecule has 7 heteroatoms. The molecule has 0 bridgehead atoms. The van der Waals surface area contributed by atoms with Gasteiger partial charge in [-0.15, -0.1) is 0 Å². The fraction of sp³-hybridized carbons (Fsp3) is 0.318. The Morgan fingerprint density at radius 2 is 1.90 bits per heavy atom. The van der Waals surface area contributed by atoms with Gasteiger partial charge in [-0.3, -0.25) is 9.67 Å². The summed E-state index contributed by atoms with van der Waals surface area (Å²) in [4.78, 5) is 9.18. The number of nitrogens with one attached hydrogen (secondary N) is 1. The molecule has 0 saturated heterocycles. The third-order valence-electron chi connectivity index (χ3n) is 5.34. The summed E-state index contributed by atoms with van der Waals surface area (Å²) >= 11 is 1.69. The molecule has 0 radical (unpaired) electrons. The van der Waals surface area contributed by atoms with Gasteiger partial charge in [0.05, 0.1) is 21.6 Å². The van der Waals surface area contributed by atoms with E-state index in [1.54, 1.807) is 28.4 Å². The lowest BCUT2D eigenvalue weighted by molar-refractivity contribution is 0.462. The second-order valence-corrected chi connectivity index (χ2v) is 8.48. The number of hydrogen-bond donors (Lipinski definition) is 1. The van der Waals surface area contributed by atoms with Crippen LogP contribution in [-0.2, 0) is 7.05 Å². The lowest BCUT2D eigenvalue weighted by Crippen LogP contribution is -2.21. The molecule has 1 N–H and O–H groups in total. The summed E-state index contributed by atoms with van der Waals surface area (Å²) in [5.41, 5.74) is 2.79. The second kappa shape index (κ2) is 7.83. The van der Waals surface area contributed by atoms with Gasteiger partial charge in [0.15, 0.2) is 5.13 Å². The van der Waals surface area contributed by atoms with E-state index in [1.165, 1.54) is 32.1 Å². The highest BCUT2D eigenvalue weighted by Gasteiger charge is 2.15. The standard InChI is InChI=1S/C22H23N5OS/c1-27-20(10-12-24-27)19-13-17(9-11-23-19)28-16-7-8-18-21(14-16)29-22(26-18)25-15-5-3-2-4-6-15/h7-15H,2-6H2,1H3,(H,25,26). The van der Waals surface area contributed by atoms with Gasteiger partial charge in [-0.2, -0.15) is 5.10 Å². The Balaban J connectivity index is 1.35. The number of hydrogen-bond acceptors (Lipinski definition) is 6. The molecule has 1 aliphatic rings. The number of ether oxygens (including phenoxy) is 1. The molecular formula is C22H23N5OS. The normalized spacial score (nSPS) is 14.9. The number of aromatic nitrogens is 4. The van der Waals surface area contributed by atoms with E-state index in [1.807, 2.05) is 37.4 Å². The predicted molar refractivity (Wildman–Crippen MR) is 117 cm³/mol. The Morgan fingerprint density at radius 1 is 1.03 bits per heavy atom. The summed E-state index contributed by atoms with van der Waals surface area (Å²) in [6.07, 6.45) is 9.99. The topological polar surface area (TPSA) is 64.9 Å². The molecule has 0 aliphatic heterocycles. The summed E-state index contributed by atoms with van der Waals surface area (Å²) in [6, 6.07) is 12.4. The van der Waals surface area contributed by atoms with Gasteiger partial charge in [-0.05, 0) is 37.1 Å². The lowest BCUT2D eigenvalue weighted by atomic mass is 9.96. The number of fused-ring (bicyclic) bond motifs is 1. The first-order chi connectivity index (χ1) is 14.2. The van der Waals surface area contributed by atoms with E-state index < -0.39 is 0 Å². The van der Waals surface area contributed by atoms with Crippen LogP contribution in [0.2, 0.25) is 0 Å². The van der Waals surface area contributed by atoms with Crippen LogP contribution in [0.5, 0.6) is 11.5 Å². The molecule has 4 aromatic rings. The van der Waals surface area contributed by atoms with Crippen molar-refractivity contribution in [2.45, 2.75) is 38.1 Å². The van der Waals surface area contributed by atoms with Crippen LogP contribution in [0.1, 0.15) is 32.1 Å². The number of thiazole rings is 1. The first-order valence-corrected chi connectivity index (χ1v) is 10.9. The number of nitrogens with zero attached hydrogens (tertiary/aromatic N) is 4. The maximum Gasteiger partial charge on any atom is 0.184 e. The maximum atomic E-state index is 6.11. The molecule has 0 unspecified atom stereocenters. The maximum absolute atomic E-state index is 6.11. The summed E-state index contributed by atoms with van der Waals surface area (Å²) in [5, 5.41) is 8.83. The molecule has 6 nitrogen and oxygen atoms in total. The number of rotatable bonds is 5. The number of aryl methyl sites for hydroxylation is 1. The fourth-order valence-corrected chi connectivity index (χ4v) is 4.80. The van der Waals surface area contributed by atoms with Gasteiger partial charge in [0.2, 0.25) is 0 Å². The second-order valence-electron chi connectivity index (χ2n) is 7.45. The number of pyridine rings is 1. The Morgan fingerprint density at radius 3 is 2.72 bits per heavy atom. The summed E-state index contributed by atoms with van der Waals surface area (Å²) in [5.74, 6) is 1.55. The Bertz CT molecular complexity index is 1130. The lowest BCUT2D eigenvalue weighted by Gasteiger charge is -2.22. The molecule has 5 rings (SSSR count). The van der Waals surface area contributed by atoms with E-state index >= 15 is 0 Å². The van der Waals surface area contributed by atoms with Crippen LogP contribution in [0.25, 0.3) is 21.6 Å². The molecule has 148 valence electrons. The molecular weight excluding hydrogens is 382 g/mol. The fourth-order valence-electron chi connectivity index (χ4n) is 3.83. The highest BCUT2D eigenvalue weighted by molar-refractivity contribution is 7.22. The van der Waals surface area contributed by atoms with Crippen molar-refractivity contribution in [3.63, 3.8) is 0 Å². The van der Waals surface area contributed by atoms with Gasteiger partial charge in [-0.25, -0.2) is 4.98 Å². The highest BCUT2D eigenvalue weighted by Crippen LogP contribution is 2.33. The van der Waals surface area contributed by atoms with Gasteiger partial charge in [-0.1, -0.05) is 30.6 Å². The number of benzene rings is 1. The van der Waals surface area contributed by atoms with Crippen LogP contribution in [0, 0.1) is 0 Å². The van der Waals surface area contributed by atoms with E-state index in [-0.39, 0.29) is 0 Å². The third kappa shape index (κ3) is 3.96. The molecule has 3 heterocycles. The zero-order valence-electron chi connectivity index (χ0n) is 16.3. The molecule has 0 spiro atoms. The average Bonchev–Trinajstić information content (AvgIpc) is 3.34. The monoisotopic (exact) mass is 405 g/mol. The average molecular weight is 406 g/mol. The molecule has 1 fully saturated rings. The highest BCUT2D eigenvalue weighted by atomic mass is 32.1. The first kappa shape index (κ1) is 18.1. The largest absolute Gasteiger partial charge is 0.457 e. The van der Waals surface area contributed by atoms with E-state index in [9.17, 15) is 0 Å². The van der Waals surface area contributed by atoms with Crippen molar-refractivity contribution in [3.8, 4) is 22.9 Å². The van der Waals surface area contributed by atoms with Crippen molar-refractivity contribution in [2.24, 2.45) is 7.05 Å². The molecule has 0 amide bonds. The summed E-state index contributed by atoms with van der Waals surface area (Å²) < 4.78 is 9.04. The first-order valence-electron chi connectivity index (χ1n) is 10.0. The van der Waals surface area contributed by atoms with Crippen molar-refractivity contribution in [2.75, 3.05) is 5.32 Å². The van der Waals surface area contributed by atoms with Gasteiger partial charge in [0.25, 0.3) is 0 Å². The quantitative estimate of drug-likeness (QED) is 0.466. The number of anilines is 1. The zero-order valence-corrected chi connectivity index (χ0v) is 17.2. The van der Waals surface area contributed by atoms with E-state index in [4.69, 9.17) is 9.72 Å². The van der Waals surface area contributed by atoms with Crippen molar-refractivity contribution in [1.82, 2.24) is 19.7 Å². The van der Waals surface area contributed by atoms with Crippen LogP contribution < -0.4 is 10.1 Å². The van der Waals surface area contributed by atoms with E-state index in [0.717, 1.165) is 38.2 Å². The van der Waals surface area contributed by atoms with E-state index in [0.29, 0.717) is 6.04 Å². The summed E-state index contributed by atoms with van der Waals surface area (Å²) in [6.45, 7) is 0. The zero-order chi connectivity index (χ0) is 19.6. The predicted octanol–water partition coefficient (Wildman–Crippen LogP) is 5.63. The molecule has 3 aromatic heterocycles. The molecule has 1 aromatic carbocycles. The molecule has 1 aliphatic carbocycles. The van der Waals surface area contributed by atoms with Crippen molar-refractivity contribution in [3.05, 3.63) is 48.8 Å². The molecule has 1 saturated carbocycles. The van der Waals surface area contributed by atoms with Crippen LogP contribution in [0.3, 0.4) is 0 Å². The van der Waals surface area contributed by atoms with Crippen LogP contribution in [-0.4, -0.2) is 25.8 Å². The minimum Gasteiger partial charge on any atom is -0.457 e. The summed E-state index contributed by atoms with van der Waals surface area (Å²) in [7, 11) is 1.90. The van der Waals surface area contributed by atoms with E-state index in [2.05, 4.69) is 21.5 Å². The van der Waals surface area contributed by atoms with Gasteiger partial charge in [0, 0.05) is 37.6 Å². The Hall–Kier alpha value is -2.93. The minimum atomic E-state index is 0.558. The van der Waals surface area contributed by atoms with Crippen molar-refractivity contribution < 1.29 is 4.74 Å². The SMILES string of the molecule is Cn1nccc1-c1cc(Oc2ccc3nc(NC4CCCCC4)sc3c2)ccn1. The van der Waals surface area contributed by atoms with Crippen molar-refractivity contribution >= 4 is 26.7 Å². The van der Waals surface area contributed by atoms with Crippen LogP contribution >= 0.6 is 11.3 Å². The molecule has 29 heavy (non-hydrogen) atoms.